The molecule has 1 N–H and O–H groups in total. The Morgan fingerprint density at radius 3 is 2.13 bits per heavy atom. The normalized spacial score (nSPS) is 16.0. The smallest absolute Gasteiger partial charge is 0.255 e. The lowest BCUT2D eigenvalue weighted by Gasteiger charge is -2.35. The van der Waals surface area contributed by atoms with Crippen LogP contribution in [0, 0.1) is 0 Å². The third kappa shape index (κ3) is 5.63. The molecule has 1 amide bonds. The van der Waals surface area contributed by atoms with E-state index in [0.29, 0.717) is 48.7 Å². The summed E-state index contributed by atoms with van der Waals surface area (Å²) in [6.07, 6.45) is 3.74. The predicted molar refractivity (Wildman–Crippen MR) is 125 cm³/mol. The lowest BCUT2D eigenvalue weighted by atomic mass is 10.0. The molecule has 1 heterocycles. The van der Waals surface area contributed by atoms with Gasteiger partial charge >= 0.3 is 0 Å². The first-order chi connectivity index (χ1) is 15.1. The Hall–Kier alpha value is -2.89. The van der Waals surface area contributed by atoms with Crippen molar-refractivity contribution in [3.63, 3.8) is 0 Å². The molecule has 0 saturated carbocycles. The number of rotatable bonds is 9. The molecule has 1 fully saturated rings. The van der Waals surface area contributed by atoms with Gasteiger partial charge in [0.2, 0.25) is 5.75 Å². The Balaban J connectivity index is 1.79. The first kappa shape index (κ1) is 22.8. The van der Waals surface area contributed by atoms with Crippen LogP contribution in [0.5, 0.6) is 17.2 Å². The Labute approximate surface area is 185 Å². The van der Waals surface area contributed by atoms with Crippen LogP contribution in [0.4, 0.5) is 11.4 Å². The lowest BCUT2D eigenvalue weighted by Crippen LogP contribution is -2.37. The van der Waals surface area contributed by atoms with Gasteiger partial charge in [0.1, 0.15) is 0 Å². The van der Waals surface area contributed by atoms with E-state index in [1.165, 1.54) is 24.9 Å². The van der Waals surface area contributed by atoms with Gasteiger partial charge in [0.05, 0.1) is 19.8 Å². The Bertz CT molecular complexity index is 839. The molecule has 0 aliphatic carbocycles. The number of nitrogens with zero attached hydrogens (tertiary/aromatic N) is 1. The number of piperidine rings is 1. The van der Waals surface area contributed by atoms with Crippen molar-refractivity contribution in [3.05, 3.63) is 42.0 Å². The molecule has 0 radical (unpaired) electrons. The van der Waals surface area contributed by atoms with Gasteiger partial charge in [-0.3, -0.25) is 4.79 Å². The molecule has 1 saturated heterocycles. The van der Waals surface area contributed by atoms with E-state index in [1.807, 2.05) is 32.9 Å². The summed E-state index contributed by atoms with van der Waals surface area (Å²) in [5.41, 5.74) is 2.41. The first-order valence-electron chi connectivity index (χ1n) is 11.3. The predicted octanol–water partition coefficient (Wildman–Crippen LogP) is 5.51. The fourth-order valence-corrected chi connectivity index (χ4v) is 3.94. The molecular formula is C25H34N2O4. The Kier molecular flexibility index (Phi) is 8.04. The maximum absolute atomic E-state index is 13.0. The monoisotopic (exact) mass is 426 g/mol. The molecule has 6 nitrogen and oxygen atoms in total. The zero-order valence-electron chi connectivity index (χ0n) is 19.1. The van der Waals surface area contributed by atoms with Gasteiger partial charge < -0.3 is 24.4 Å². The van der Waals surface area contributed by atoms with E-state index in [4.69, 9.17) is 14.2 Å². The quantitative estimate of drug-likeness (QED) is 0.573. The van der Waals surface area contributed by atoms with Gasteiger partial charge in [-0.25, -0.2) is 0 Å². The molecule has 1 atom stereocenters. The third-order valence-corrected chi connectivity index (χ3v) is 5.43. The Morgan fingerprint density at radius 2 is 1.58 bits per heavy atom. The van der Waals surface area contributed by atoms with E-state index >= 15 is 0 Å². The molecule has 3 rings (SSSR count). The average molecular weight is 427 g/mol. The van der Waals surface area contributed by atoms with Crippen LogP contribution in [0.25, 0.3) is 0 Å². The van der Waals surface area contributed by atoms with E-state index < -0.39 is 0 Å². The van der Waals surface area contributed by atoms with Crippen molar-refractivity contribution in [3.8, 4) is 17.2 Å². The van der Waals surface area contributed by atoms with E-state index in [2.05, 4.69) is 29.3 Å². The van der Waals surface area contributed by atoms with Gasteiger partial charge in [0.25, 0.3) is 5.91 Å². The van der Waals surface area contributed by atoms with Crippen molar-refractivity contribution < 1.29 is 19.0 Å². The highest BCUT2D eigenvalue weighted by molar-refractivity contribution is 6.05. The highest BCUT2D eigenvalue weighted by Gasteiger charge is 2.20. The van der Waals surface area contributed by atoms with Crippen LogP contribution < -0.4 is 24.4 Å². The zero-order chi connectivity index (χ0) is 22.2. The van der Waals surface area contributed by atoms with Crippen LogP contribution in [0.15, 0.2) is 36.4 Å². The van der Waals surface area contributed by atoms with Gasteiger partial charge in [-0.15, -0.1) is 0 Å². The topological polar surface area (TPSA) is 60.0 Å². The van der Waals surface area contributed by atoms with E-state index in [0.717, 1.165) is 12.2 Å². The summed E-state index contributed by atoms with van der Waals surface area (Å²) < 4.78 is 17.2. The van der Waals surface area contributed by atoms with Gasteiger partial charge in [0.15, 0.2) is 11.5 Å². The molecule has 1 aliphatic rings. The molecule has 6 heteroatoms. The number of anilines is 2. The molecule has 0 spiro atoms. The molecule has 0 unspecified atom stereocenters. The fourth-order valence-electron chi connectivity index (χ4n) is 3.94. The number of hydrogen-bond acceptors (Lipinski definition) is 5. The van der Waals surface area contributed by atoms with Crippen molar-refractivity contribution in [2.24, 2.45) is 0 Å². The summed E-state index contributed by atoms with van der Waals surface area (Å²) in [5, 5.41) is 2.98. The average Bonchev–Trinajstić information content (AvgIpc) is 2.77. The van der Waals surface area contributed by atoms with Crippen LogP contribution in [-0.4, -0.2) is 38.3 Å². The molecule has 0 aromatic heterocycles. The highest BCUT2D eigenvalue weighted by atomic mass is 16.5. The number of nitrogens with one attached hydrogen (secondary N) is 1. The molecule has 31 heavy (non-hydrogen) atoms. The number of carbonyl (C=O) groups excluding carboxylic acids is 1. The van der Waals surface area contributed by atoms with Crippen LogP contribution in [0.1, 0.15) is 57.3 Å². The second-order valence-corrected chi connectivity index (χ2v) is 7.64. The summed E-state index contributed by atoms with van der Waals surface area (Å²) in [7, 11) is 0. The number of ether oxygens (including phenoxy) is 3. The number of hydrogen-bond donors (Lipinski definition) is 1. The molecule has 1 aliphatic heterocycles. The molecule has 168 valence electrons. The van der Waals surface area contributed by atoms with Crippen molar-refractivity contribution in [1.29, 1.82) is 0 Å². The summed E-state index contributed by atoms with van der Waals surface area (Å²) in [6.45, 7) is 10.5. The zero-order valence-corrected chi connectivity index (χ0v) is 19.1. The van der Waals surface area contributed by atoms with Gasteiger partial charge in [-0.1, -0.05) is 0 Å². The van der Waals surface area contributed by atoms with Crippen molar-refractivity contribution in [2.75, 3.05) is 36.6 Å². The molecule has 0 bridgehead atoms. The van der Waals surface area contributed by atoms with Crippen molar-refractivity contribution in [2.45, 2.75) is 53.0 Å². The van der Waals surface area contributed by atoms with Crippen LogP contribution in [0.3, 0.4) is 0 Å². The summed E-state index contributed by atoms with van der Waals surface area (Å²) in [5.74, 6) is 1.33. The van der Waals surface area contributed by atoms with Crippen LogP contribution in [0.2, 0.25) is 0 Å². The molecule has 2 aromatic rings. The second-order valence-electron chi connectivity index (χ2n) is 7.64. The third-order valence-electron chi connectivity index (χ3n) is 5.43. The number of carbonyl (C=O) groups is 1. The molecule has 2 aromatic carbocycles. The maximum atomic E-state index is 13.0. The fraction of sp³-hybridized carbons (Fsp3) is 0.480. The van der Waals surface area contributed by atoms with Gasteiger partial charge in [-0.2, -0.15) is 0 Å². The van der Waals surface area contributed by atoms with E-state index in [-0.39, 0.29) is 5.91 Å². The van der Waals surface area contributed by atoms with Crippen LogP contribution in [-0.2, 0) is 0 Å². The standard InChI is InChI=1S/C25H34N2O4/c1-5-29-22-16-19(17-23(30-6-2)24(22)31-7-3)25(28)26-20-11-13-21(14-12-20)27-15-9-8-10-18(27)4/h11-14,16-18H,5-10,15H2,1-4H3,(H,26,28)/t18-/m1/s1. The van der Waals surface area contributed by atoms with Gasteiger partial charge in [-0.05, 0) is 83.4 Å². The van der Waals surface area contributed by atoms with E-state index in [9.17, 15) is 4.79 Å². The summed E-state index contributed by atoms with van der Waals surface area (Å²) in [6, 6.07) is 12.0. The highest BCUT2D eigenvalue weighted by Crippen LogP contribution is 2.39. The van der Waals surface area contributed by atoms with Gasteiger partial charge in [0, 0.05) is 29.5 Å². The molecular weight excluding hydrogens is 392 g/mol. The second kappa shape index (κ2) is 10.9. The first-order valence-corrected chi connectivity index (χ1v) is 11.3. The number of amides is 1. The van der Waals surface area contributed by atoms with Crippen LogP contribution >= 0.6 is 0 Å². The Morgan fingerprint density at radius 1 is 0.968 bits per heavy atom. The van der Waals surface area contributed by atoms with E-state index in [1.54, 1.807) is 12.1 Å². The van der Waals surface area contributed by atoms with Crippen molar-refractivity contribution in [1.82, 2.24) is 0 Å². The summed E-state index contributed by atoms with van der Waals surface area (Å²) in [4.78, 5) is 15.4. The minimum absolute atomic E-state index is 0.218. The summed E-state index contributed by atoms with van der Waals surface area (Å²) >= 11 is 0. The minimum Gasteiger partial charge on any atom is -0.490 e. The van der Waals surface area contributed by atoms with Crippen molar-refractivity contribution >= 4 is 17.3 Å². The lowest BCUT2D eigenvalue weighted by molar-refractivity contribution is 0.102. The minimum atomic E-state index is -0.218. The largest absolute Gasteiger partial charge is 0.490 e. The SMILES string of the molecule is CCOc1cc(C(=O)Nc2ccc(N3CCCC[C@H]3C)cc2)cc(OCC)c1OCC. The number of benzene rings is 2. The maximum Gasteiger partial charge on any atom is 0.255 e.